The van der Waals surface area contributed by atoms with Crippen molar-refractivity contribution >= 4 is 40.3 Å². The highest BCUT2D eigenvalue weighted by molar-refractivity contribution is 14.1. The molecule has 3 aromatic rings. The molecule has 0 unspecified atom stereocenters. The zero-order valence-electron chi connectivity index (χ0n) is 16.4. The Kier molecular flexibility index (Phi) is 6.39. The van der Waals surface area contributed by atoms with Crippen LogP contribution >= 0.6 is 22.6 Å². The number of methoxy groups -OCH3 is 1. The van der Waals surface area contributed by atoms with Gasteiger partial charge in [0.2, 0.25) is 0 Å². The van der Waals surface area contributed by atoms with Gasteiger partial charge in [-0.1, -0.05) is 6.07 Å². The Balaban J connectivity index is 1.90. The average Bonchev–Trinajstić information content (AvgIpc) is 2.99. The molecule has 0 radical (unpaired) electrons. The summed E-state index contributed by atoms with van der Waals surface area (Å²) in [4.78, 5) is 12.6. The molecule has 146 valence electrons. The Morgan fingerprint density at radius 2 is 1.90 bits per heavy atom. The Labute approximate surface area is 183 Å². The lowest BCUT2D eigenvalue weighted by atomic mass is 10.1. The van der Waals surface area contributed by atoms with Gasteiger partial charge in [0.05, 0.1) is 7.11 Å². The van der Waals surface area contributed by atoms with E-state index in [0.29, 0.717) is 11.4 Å². The maximum absolute atomic E-state index is 12.6. The molecule has 0 spiro atoms. The predicted octanol–water partition coefficient (Wildman–Crippen LogP) is 5.25. The first kappa shape index (κ1) is 20.7. The smallest absolute Gasteiger partial charge is 0.266 e. The molecule has 1 N–H and O–H groups in total. The minimum atomic E-state index is -0.447. The molecule has 0 bridgehead atoms. The van der Waals surface area contributed by atoms with Gasteiger partial charge >= 0.3 is 0 Å². The number of amides is 1. The number of aromatic nitrogens is 1. The summed E-state index contributed by atoms with van der Waals surface area (Å²) >= 11 is 2.28. The van der Waals surface area contributed by atoms with Gasteiger partial charge in [0.1, 0.15) is 17.4 Å². The van der Waals surface area contributed by atoms with Gasteiger partial charge in [-0.3, -0.25) is 4.79 Å². The van der Waals surface area contributed by atoms with E-state index in [4.69, 9.17) is 4.74 Å². The first-order valence-corrected chi connectivity index (χ1v) is 10.0. The Hall–Kier alpha value is -3.05. The number of aryl methyl sites for hydroxylation is 1. The topological polar surface area (TPSA) is 67.0 Å². The second kappa shape index (κ2) is 8.97. The van der Waals surface area contributed by atoms with Crippen molar-refractivity contribution < 1.29 is 9.53 Å². The molecule has 1 heterocycles. The number of nitrogens with zero attached hydrogens (tertiary/aromatic N) is 2. The van der Waals surface area contributed by atoms with Gasteiger partial charge in [-0.2, -0.15) is 5.26 Å². The molecule has 5 nitrogen and oxygen atoms in total. The SMILES string of the molecule is COc1ccc(NC(=O)/C(C#N)=C\c2cc(C)n(-c3cccc(I)c3)c2C)cc1. The van der Waals surface area contributed by atoms with Crippen LogP contribution in [0.5, 0.6) is 5.75 Å². The van der Waals surface area contributed by atoms with Crippen LogP contribution in [0.4, 0.5) is 5.69 Å². The highest BCUT2D eigenvalue weighted by Crippen LogP contribution is 2.24. The van der Waals surface area contributed by atoms with Crippen molar-refractivity contribution in [3.8, 4) is 17.5 Å². The van der Waals surface area contributed by atoms with Crippen LogP contribution in [0.1, 0.15) is 17.0 Å². The Morgan fingerprint density at radius 3 is 2.52 bits per heavy atom. The number of rotatable bonds is 5. The van der Waals surface area contributed by atoms with Gasteiger partial charge < -0.3 is 14.6 Å². The number of carbonyl (C=O) groups excluding carboxylic acids is 1. The van der Waals surface area contributed by atoms with Crippen LogP contribution in [0.2, 0.25) is 0 Å². The summed E-state index contributed by atoms with van der Waals surface area (Å²) in [5.74, 6) is 0.249. The summed E-state index contributed by atoms with van der Waals surface area (Å²) in [5, 5.41) is 12.3. The minimum absolute atomic E-state index is 0.0451. The van der Waals surface area contributed by atoms with E-state index < -0.39 is 5.91 Å². The normalized spacial score (nSPS) is 11.1. The minimum Gasteiger partial charge on any atom is -0.497 e. The van der Waals surface area contributed by atoms with Gasteiger partial charge in [-0.05, 0) is 96.6 Å². The van der Waals surface area contributed by atoms with Crippen molar-refractivity contribution in [3.05, 3.63) is 80.7 Å². The lowest BCUT2D eigenvalue weighted by Crippen LogP contribution is -2.13. The van der Waals surface area contributed by atoms with Crippen molar-refractivity contribution in [3.63, 3.8) is 0 Å². The van der Waals surface area contributed by atoms with Crippen LogP contribution in [0.25, 0.3) is 11.8 Å². The molecule has 1 aromatic heterocycles. The molecule has 0 fully saturated rings. The number of anilines is 1. The van der Waals surface area contributed by atoms with E-state index in [2.05, 4.69) is 38.5 Å². The lowest BCUT2D eigenvalue weighted by molar-refractivity contribution is -0.112. The van der Waals surface area contributed by atoms with E-state index in [-0.39, 0.29) is 5.57 Å². The summed E-state index contributed by atoms with van der Waals surface area (Å²) in [6.07, 6.45) is 1.63. The molecule has 2 aromatic carbocycles. The van der Waals surface area contributed by atoms with Gasteiger partial charge in [-0.25, -0.2) is 0 Å². The molecule has 0 aliphatic carbocycles. The van der Waals surface area contributed by atoms with Gasteiger partial charge in [0.25, 0.3) is 5.91 Å². The molecule has 0 saturated carbocycles. The predicted molar refractivity (Wildman–Crippen MR) is 123 cm³/mol. The van der Waals surface area contributed by atoms with Crippen molar-refractivity contribution in [1.29, 1.82) is 5.26 Å². The van der Waals surface area contributed by atoms with E-state index in [0.717, 1.165) is 26.2 Å². The summed E-state index contributed by atoms with van der Waals surface area (Å²) < 4.78 is 8.37. The first-order chi connectivity index (χ1) is 13.9. The number of nitriles is 1. The van der Waals surface area contributed by atoms with Gasteiger partial charge in [-0.15, -0.1) is 0 Å². The largest absolute Gasteiger partial charge is 0.497 e. The third kappa shape index (κ3) is 4.69. The zero-order valence-corrected chi connectivity index (χ0v) is 18.5. The summed E-state index contributed by atoms with van der Waals surface area (Å²) in [5.41, 5.74) is 4.53. The van der Waals surface area contributed by atoms with Crippen LogP contribution in [-0.4, -0.2) is 17.6 Å². The van der Waals surface area contributed by atoms with Gasteiger partial charge in [0.15, 0.2) is 0 Å². The second-order valence-corrected chi connectivity index (χ2v) is 7.74. The monoisotopic (exact) mass is 497 g/mol. The molecule has 0 atom stereocenters. The summed E-state index contributed by atoms with van der Waals surface area (Å²) in [6, 6.07) is 19.1. The standard InChI is InChI=1S/C23H20IN3O2/c1-15-11-17(16(2)27(15)21-6-4-5-19(24)13-21)12-18(14-25)23(28)26-20-7-9-22(29-3)10-8-20/h4-13H,1-3H3,(H,26,28)/b18-12-. The molecule has 0 saturated heterocycles. The van der Waals surface area contributed by atoms with Crippen LogP contribution in [0, 0.1) is 28.7 Å². The third-order valence-electron chi connectivity index (χ3n) is 4.55. The molecule has 1 amide bonds. The summed E-state index contributed by atoms with van der Waals surface area (Å²) in [6.45, 7) is 3.99. The lowest BCUT2D eigenvalue weighted by Gasteiger charge is -2.10. The van der Waals surface area contributed by atoms with Crippen molar-refractivity contribution in [1.82, 2.24) is 4.57 Å². The van der Waals surface area contributed by atoms with E-state index in [1.165, 1.54) is 0 Å². The third-order valence-corrected chi connectivity index (χ3v) is 5.22. The van der Waals surface area contributed by atoms with E-state index >= 15 is 0 Å². The highest BCUT2D eigenvalue weighted by Gasteiger charge is 2.14. The molecular formula is C23H20IN3O2. The second-order valence-electron chi connectivity index (χ2n) is 6.49. The van der Waals surface area contributed by atoms with Gasteiger partial charge in [0, 0.05) is 26.3 Å². The van der Waals surface area contributed by atoms with E-state index in [1.54, 1.807) is 37.5 Å². The fraction of sp³-hybridized carbons (Fsp3) is 0.130. The van der Waals surface area contributed by atoms with Crippen molar-refractivity contribution in [2.75, 3.05) is 12.4 Å². The molecular weight excluding hydrogens is 477 g/mol. The number of benzene rings is 2. The maximum atomic E-state index is 12.6. The zero-order chi connectivity index (χ0) is 21.0. The van der Waals surface area contributed by atoms with Crippen LogP contribution in [0.15, 0.2) is 60.2 Å². The highest BCUT2D eigenvalue weighted by atomic mass is 127. The van der Waals surface area contributed by atoms with Crippen LogP contribution < -0.4 is 10.1 Å². The van der Waals surface area contributed by atoms with Crippen LogP contribution in [-0.2, 0) is 4.79 Å². The Bertz CT molecular complexity index is 1120. The number of hydrogen-bond acceptors (Lipinski definition) is 3. The van der Waals surface area contributed by atoms with Crippen LogP contribution in [0.3, 0.4) is 0 Å². The fourth-order valence-corrected chi connectivity index (χ4v) is 3.65. The van der Waals surface area contributed by atoms with Crippen molar-refractivity contribution in [2.24, 2.45) is 0 Å². The van der Waals surface area contributed by atoms with E-state index in [1.807, 2.05) is 44.2 Å². The quantitative estimate of drug-likeness (QED) is 0.298. The molecule has 6 heteroatoms. The number of ether oxygens (including phenoxy) is 1. The summed E-state index contributed by atoms with van der Waals surface area (Å²) in [7, 11) is 1.58. The number of hydrogen-bond donors (Lipinski definition) is 1. The maximum Gasteiger partial charge on any atom is 0.266 e. The molecule has 0 aliphatic heterocycles. The number of nitrogens with one attached hydrogen (secondary N) is 1. The molecule has 0 aliphatic rings. The number of halogens is 1. The first-order valence-electron chi connectivity index (χ1n) is 8.95. The molecule has 3 rings (SSSR count). The number of carbonyl (C=O) groups is 1. The van der Waals surface area contributed by atoms with Crippen molar-refractivity contribution in [2.45, 2.75) is 13.8 Å². The van der Waals surface area contributed by atoms with E-state index in [9.17, 15) is 10.1 Å². The fourth-order valence-electron chi connectivity index (χ4n) is 3.12. The molecule has 29 heavy (non-hydrogen) atoms. The average molecular weight is 497 g/mol. The Morgan fingerprint density at radius 1 is 1.17 bits per heavy atom.